The van der Waals surface area contributed by atoms with E-state index >= 15 is 0 Å². The molecule has 4 rings (SSSR count). The highest BCUT2D eigenvalue weighted by molar-refractivity contribution is 7.99. The Morgan fingerprint density at radius 1 is 1.10 bits per heavy atom. The molecule has 1 aliphatic rings. The zero-order valence-electron chi connectivity index (χ0n) is 18.0. The minimum atomic E-state index is 0.674. The minimum Gasteiger partial charge on any atom is -0.467 e. The Kier molecular flexibility index (Phi) is 7.15. The summed E-state index contributed by atoms with van der Waals surface area (Å²) < 4.78 is 9.86. The van der Waals surface area contributed by atoms with Crippen molar-refractivity contribution in [1.82, 2.24) is 24.5 Å². The Hall–Kier alpha value is -2.22. The van der Waals surface area contributed by atoms with Crippen molar-refractivity contribution in [3.05, 3.63) is 42.6 Å². The van der Waals surface area contributed by atoms with Gasteiger partial charge in [-0.2, -0.15) is 5.10 Å². The van der Waals surface area contributed by atoms with Crippen LogP contribution in [0.3, 0.4) is 0 Å². The van der Waals surface area contributed by atoms with Crippen molar-refractivity contribution in [2.75, 3.05) is 23.7 Å². The van der Waals surface area contributed by atoms with Crippen molar-refractivity contribution in [2.24, 2.45) is 11.8 Å². The Morgan fingerprint density at radius 2 is 1.97 bits per heavy atom. The number of aryl methyl sites for hydroxylation is 1. The van der Waals surface area contributed by atoms with Gasteiger partial charge < -0.3 is 9.32 Å². The van der Waals surface area contributed by atoms with Crippen LogP contribution in [0.1, 0.15) is 45.3 Å². The number of aromatic nitrogens is 5. The van der Waals surface area contributed by atoms with Crippen molar-refractivity contribution < 1.29 is 4.42 Å². The number of unbranched alkanes of at least 4 members (excludes halogenated alkanes) is 2. The van der Waals surface area contributed by atoms with Gasteiger partial charge >= 0.3 is 0 Å². The normalized spacial score (nSPS) is 19.5. The maximum absolute atomic E-state index is 5.63. The second-order valence-corrected chi connectivity index (χ2v) is 9.54. The molecule has 1 fully saturated rings. The van der Waals surface area contributed by atoms with Gasteiger partial charge in [-0.25, -0.2) is 0 Å². The van der Waals surface area contributed by atoms with Gasteiger partial charge in [0.25, 0.3) is 0 Å². The molecule has 3 aromatic heterocycles. The average Bonchev–Trinajstić information content (AvgIpc) is 3.47. The van der Waals surface area contributed by atoms with Crippen LogP contribution in [-0.4, -0.2) is 43.4 Å². The van der Waals surface area contributed by atoms with Crippen LogP contribution in [0.2, 0.25) is 0 Å². The molecule has 0 bridgehead atoms. The van der Waals surface area contributed by atoms with Crippen LogP contribution in [0.25, 0.3) is 0 Å². The van der Waals surface area contributed by atoms with Gasteiger partial charge in [0.15, 0.2) is 5.16 Å². The fourth-order valence-electron chi connectivity index (χ4n) is 4.29. The standard InChI is InChI=1S/C22H32N6OS/c1-18-14-19(2)16-26(15-18)21-24-25-22(28(21)17-20-8-6-12-29-20)30-13-5-3-4-10-27-11-7-9-23-27/h6-9,11-12,18-19H,3-5,10,13-17H2,1-2H3. The number of piperidine rings is 1. The highest BCUT2D eigenvalue weighted by atomic mass is 32.2. The first kappa shape index (κ1) is 21.0. The second-order valence-electron chi connectivity index (χ2n) is 8.48. The second kappa shape index (κ2) is 10.2. The van der Waals surface area contributed by atoms with Crippen molar-refractivity contribution in [1.29, 1.82) is 0 Å². The molecule has 0 radical (unpaired) electrons. The lowest BCUT2D eigenvalue weighted by Crippen LogP contribution is -2.40. The van der Waals surface area contributed by atoms with Crippen molar-refractivity contribution >= 4 is 17.7 Å². The quantitative estimate of drug-likeness (QED) is 0.348. The van der Waals surface area contributed by atoms with Crippen LogP contribution >= 0.6 is 11.8 Å². The molecule has 2 unspecified atom stereocenters. The number of hydrogen-bond acceptors (Lipinski definition) is 6. The summed E-state index contributed by atoms with van der Waals surface area (Å²) in [5.74, 6) is 4.31. The van der Waals surface area contributed by atoms with E-state index in [0.29, 0.717) is 18.4 Å². The maximum atomic E-state index is 5.63. The number of rotatable bonds is 10. The molecule has 3 aromatic rings. The summed E-state index contributed by atoms with van der Waals surface area (Å²) in [5.41, 5.74) is 0. The van der Waals surface area contributed by atoms with Gasteiger partial charge in [0.2, 0.25) is 5.95 Å². The number of furan rings is 1. The Morgan fingerprint density at radius 3 is 2.70 bits per heavy atom. The minimum absolute atomic E-state index is 0.674. The van der Waals surface area contributed by atoms with Crippen LogP contribution in [0, 0.1) is 11.8 Å². The summed E-state index contributed by atoms with van der Waals surface area (Å²) in [4.78, 5) is 2.41. The number of hydrogen-bond donors (Lipinski definition) is 0. The van der Waals surface area contributed by atoms with Crippen LogP contribution in [0.5, 0.6) is 0 Å². The topological polar surface area (TPSA) is 64.9 Å². The summed E-state index contributed by atoms with van der Waals surface area (Å²) in [6.07, 6.45) is 10.4. The lowest BCUT2D eigenvalue weighted by molar-refractivity contribution is 0.350. The molecular formula is C22H32N6OS. The molecule has 1 saturated heterocycles. The molecule has 0 spiro atoms. The van der Waals surface area contributed by atoms with Crippen LogP contribution in [0.4, 0.5) is 5.95 Å². The third-order valence-electron chi connectivity index (χ3n) is 5.56. The van der Waals surface area contributed by atoms with Gasteiger partial charge in [0.1, 0.15) is 5.76 Å². The Labute approximate surface area is 182 Å². The van der Waals surface area contributed by atoms with E-state index in [1.54, 1.807) is 18.0 Å². The molecule has 0 amide bonds. The van der Waals surface area contributed by atoms with Crippen molar-refractivity contribution in [2.45, 2.75) is 57.8 Å². The molecule has 4 heterocycles. The highest BCUT2D eigenvalue weighted by Gasteiger charge is 2.27. The van der Waals surface area contributed by atoms with Gasteiger partial charge in [0.05, 0.1) is 12.8 Å². The molecule has 162 valence electrons. The average molecular weight is 429 g/mol. The lowest BCUT2D eigenvalue weighted by atomic mass is 9.92. The van der Waals surface area contributed by atoms with Gasteiger partial charge in [0, 0.05) is 37.8 Å². The first-order valence-electron chi connectivity index (χ1n) is 11.0. The maximum Gasteiger partial charge on any atom is 0.228 e. The van der Waals surface area contributed by atoms with E-state index < -0.39 is 0 Å². The zero-order chi connectivity index (χ0) is 20.8. The summed E-state index contributed by atoms with van der Waals surface area (Å²) >= 11 is 1.80. The fraction of sp³-hybridized carbons (Fsp3) is 0.591. The molecule has 7 nitrogen and oxygen atoms in total. The van der Waals surface area contributed by atoms with Crippen LogP contribution < -0.4 is 4.90 Å². The molecule has 0 aliphatic carbocycles. The predicted octanol–water partition coefficient (Wildman–Crippen LogP) is 4.56. The van der Waals surface area contributed by atoms with E-state index in [9.17, 15) is 0 Å². The summed E-state index contributed by atoms with van der Waals surface area (Å²) in [5, 5.41) is 14.4. The highest BCUT2D eigenvalue weighted by Crippen LogP contribution is 2.29. The Balaban J connectivity index is 1.37. The van der Waals surface area contributed by atoms with E-state index in [0.717, 1.165) is 55.1 Å². The smallest absolute Gasteiger partial charge is 0.228 e. The lowest BCUT2D eigenvalue weighted by Gasteiger charge is -2.35. The van der Waals surface area contributed by atoms with E-state index in [2.05, 4.69) is 38.6 Å². The molecule has 0 saturated carbocycles. The predicted molar refractivity (Wildman–Crippen MR) is 120 cm³/mol. The molecule has 0 aromatic carbocycles. The van der Waals surface area contributed by atoms with Gasteiger partial charge in [-0.1, -0.05) is 32.0 Å². The van der Waals surface area contributed by atoms with Crippen molar-refractivity contribution in [3.8, 4) is 0 Å². The van der Waals surface area contributed by atoms with Gasteiger partial charge in [-0.05, 0) is 49.3 Å². The van der Waals surface area contributed by atoms with Crippen LogP contribution in [0.15, 0.2) is 46.4 Å². The third kappa shape index (κ3) is 5.47. The summed E-state index contributed by atoms with van der Waals surface area (Å²) in [6.45, 7) is 8.40. The molecule has 0 N–H and O–H groups in total. The molecule has 30 heavy (non-hydrogen) atoms. The van der Waals surface area contributed by atoms with E-state index in [1.165, 1.54) is 12.8 Å². The van der Waals surface area contributed by atoms with Gasteiger partial charge in [-0.15, -0.1) is 10.2 Å². The molecule has 2 atom stereocenters. The van der Waals surface area contributed by atoms with Crippen molar-refractivity contribution in [3.63, 3.8) is 0 Å². The monoisotopic (exact) mass is 428 g/mol. The molecule has 8 heteroatoms. The SMILES string of the molecule is CC1CC(C)CN(c2nnc(SCCCCCn3cccn3)n2Cc2ccco2)C1. The summed E-state index contributed by atoms with van der Waals surface area (Å²) in [6, 6.07) is 5.94. The first-order valence-corrected chi connectivity index (χ1v) is 12.0. The fourth-order valence-corrected chi connectivity index (χ4v) is 5.23. The first-order chi connectivity index (χ1) is 14.7. The van der Waals surface area contributed by atoms with E-state index in [4.69, 9.17) is 4.42 Å². The Bertz CT molecular complexity index is 866. The third-order valence-corrected chi connectivity index (χ3v) is 6.62. The summed E-state index contributed by atoms with van der Waals surface area (Å²) in [7, 11) is 0. The largest absolute Gasteiger partial charge is 0.467 e. The number of anilines is 1. The van der Waals surface area contributed by atoms with Crippen LogP contribution in [-0.2, 0) is 13.1 Å². The molecular weight excluding hydrogens is 396 g/mol. The van der Waals surface area contributed by atoms with E-state index in [1.807, 2.05) is 35.3 Å². The number of nitrogens with zero attached hydrogens (tertiary/aromatic N) is 6. The number of thioether (sulfide) groups is 1. The molecule has 1 aliphatic heterocycles. The van der Waals surface area contributed by atoms with E-state index in [-0.39, 0.29) is 0 Å². The zero-order valence-corrected chi connectivity index (χ0v) is 18.8. The van der Waals surface area contributed by atoms with Gasteiger partial charge in [-0.3, -0.25) is 9.25 Å².